The quantitative estimate of drug-likeness (QED) is 0.125. The van der Waals surface area contributed by atoms with Gasteiger partial charge < -0.3 is 38.0 Å². The lowest BCUT2D eigenvalue weighted by molar-refractivity contribution is -0.121. The Hall–Kier alpha value is -2.69. The van der Waals surface area contributed by atoms with Crippen molar-refractivity contribution >= 4 is 32.1 Å². The molecule has 230 valence electrons. The molecule has 0 aliphatic carbocycles. The molecule has 41 heavy (non-hydrogen) atoms. The number of methoxy groups -OCH3 is 2. The van der Waals surface area contributed by atoms with Gasteiger partial charge in [-0.05, 0) is 39.8 Å². The molecule has 0 fully saturated rings. The predicted molar refractivity (Wildman–Crippen MR) is 151 cm³/mol. The zero-order valence-electron chi connectivity index (χ0n) is 24.7. The van der Waals surface area contributed by atoms with Gasteiger partial charge in [-0.25, -0.2) is 14.3 Å². The summed E-state index contributed by atoms with van der Waals surface area (Å²) in [7, 11) is 1.05. The van der Waals surface area contributed by atoms with Crippen LogP contribution >= 0.6 is 8.53 Å². The van der Waals surface area contributed by atoms with Crippen molar-refractivity contribution in [3.63, 3.8) is 0 Å². The van der Waals surface area contributed by atoms with E-state index in [1.165, 1.54) is 32.4 Å². The first-order valence-electron chi connectivity index (χ1n) is 13.2. The van der Waals surface area contributed by atoms with Crippen LogP contribution in [0.4, 0.5) is 5.69 Å². The van der Waals surface area contributed by atoms with E-state index >= 15 is 0 Å². The van der Waals surface area contributed by atoms with Crippen molar-refractivity contribution in [2.45, 2.75) is 46.2 Å². The second-order valence-electron chi connectivity index (χ2n) is 8.92. The van der Waals surface area contributed by atoms with Gasteiger partial charge in [0.05, 0.1) is 89.8 Å². The molecule has 0 heterocycles. The lowest BCUT2D eigenvalue weighted by atomic mass is 10.1. The largest absolute Gasteiger partial charge is 0.465 e. The SMILES string of the molecule is COC(=O)c1cccc(NC(=O)COCCOCCOCCOP(OCCC#N)N(C(C)C)C(C)C)c1C(=O)OC. The Morgan fingerprint density at radius 2 is 1.41 bits per heavy atom. The van der Waals surface area contributed by atoms with Crippen molar-refractivity contribution in [2.24, 2.45) is 0 Å². The summed E-state index contributed by atoms with van der Waals surface area (Å²) < 4.78 is 39.7. The van der Waals surface area contributed by atoms with Crippen molar-refractivity contribution in [1.82, 2.24) is 4.67 Å². The minimum Gasteiger partial charge on any atom is -0.465 e. The number of nitrogens with zero attached hydrogens (tertiary/aromatic N) is 2. The summed E-state index contributed by atoms with van der Waals surface area (Å²) in [6.07, 6.45) is 0.301. The van der Waals surface area contributed by atoms with Crippen molar-refractivity contribution in [3.8, 4) is 6.07 Å². The molecule has 0 saturated carbocycles. The molecule has 1 N–H and O–H groups in total. The molecule has 0 spiro atoms. The monoisotopic (exact) mass is 599 g/mol. The third kappa shape index (κ3) is 13.7. The van der Waals surface area contributed by atoms with Gasteiger partial charge in [-0.3, -0.25) is 4.79 Å². The van der Waals surface area contributed by atoms with Crippen molar-refractivity contribution in [1.29, 1.82) is 5.26 Å². The number of nitriles is 1. The normalized spacial score (nSPS) is 11.9. The lowest BCUT2D eigenvalue weighted by Crippen LogP contribution is -2.34. The molecule has 0 aromatic heterocycles. The van der Waals surface area contributed by atoms with Crippen LogP contribution in [0.1, 0.15) is 54.8 Å². The van der Waals surface area contributed by atoms with E-state index in [-0.39, 0.29) is 48.7 Å². The van der Waals surface area contributed by atoms with E-state index in [0.29, 0.717) is 39.5 Å². The van der Waals surface area contributed by atoms with Gasteiger partial charge in [0, 0.05) is 12.1 Å². The van der Waals surface area contributed by atoms with Crippen LogP contribution in [0.3, 0.4) is 0 Å². The van der Waals surface area contributed by atoms with Gasteiger partial charge in [0.15, 0.2) is 0 Å². The molecular formula is C27H42N3O10P. The smallest absolute Gasteiger partial charge is 0.340 e. The average molecular weight is 600 g/mol. The van der Waals surface area contributed by atoms with Crippen LogP contribution < -0.4 is 5.32 Å². The van der Waals surface area contributed by atoms with E-state index in [9.17, 15) is 14.4 Å². The van der Waals surface area contributed by atoms with Crippen LogP contribution in [0.25, 0.3) is 0 Å². The number of carbonyl (C=O) groups is 3. The second-order valence-corrected chi connectivity index (χ2v) is 10.4. The minimum absolute atomic E-state index is 0.0296. The fraction of sp³-hybridized carbons (Fsp3) is 0.630. The fourth-order valence-corrected chi connectivity index (χ4v) is 5.11. The summed E-state index contributed by atoms with van der Waals surface area (Å²) in [5, 5.41) is 11.3. The highest BCUT2D eigenvalue weighted by Crippen LogP contribution is 2.45. The summed E-state index contributed by atoms with van der Waals surface area (Å²) in [5.41, 5.74) is -0.0320. The minimum atomic E-state index is -1.30. The molecule has 13 nitrogen and oxygen atoms in total. The highest BCUT2D eigenvalue weighted by atomic mass is 31.2. The highest BCUT2D eigenvalue weighted by Gasteiger charge is 2.27. The molecule has 14 heteroatoms. The summed E-state index contributed by atoms with van der Waals surface area (Å²) >= 11 is 0. The van der Waals surface area contributed by atoms with Crippen molar-refractivity contribution in [3.05, 3.63) is 29.3 Å². The van der Waals surface area contributed by atoms with Gasteiger partial charge in [-0.15, -0.1) is 0 Å². The van der Waals surface area contributed by atoms with Crippen LogP contribution in [0, 0.1) is 11.3 Å². The Morgan fingerprint density at radius 3 is 1.98 bits per heavy atom. The molecule has 0 aliphatic heterocycles. The average Bonchev–Trinajstić information content (AvgIpc) is 2.94. The van der Waals surface area contributed by atoms with E-state index in [4.69, 9.17) is 38.0 Å². The number of carbonyl (C=O) groups excluding carboxylic acids is 3. The maximum absolute atomic E-state index is 12.3. The molecule has 0 radical (unpaired) electrons. The Kier molecular flexibility index (Phi) is 18.7. The fourth-order valence-electron chi connectivity index (χ4n) is 3.54. The van der Waals surface area contributed by atoms with Gasteiger partial charge in [0.1, 0.15) is 6.61 Å². The molecule has 1 atom stereocenters. The van der Waals surface area contributed by atoms with E-state index in [0.717, 1.165) is 0 Å². The zero-order valence-corrected chi connectivity index (χ0v) is 25.6. The van der Waals surface area contributed by atoms with Crippen LogP contribution in [0.2, 0.25) is 0 Å². The van der Waals surface area contributed by atoms with Crippen LogP contribution in [0.5, 0.6) is 0 Å². The number of hydrogen-bond acceptors (Lipinski definition) is 12. The van der Waals surface area contributed by atoms with Gasteiger partial charge in [0.2, 0.25) is 5.91 Å². The maximum atomic E-state index is 12.3. The Morgan fingerprint density at radius 1 is 0.854 bits per heavy atom. The first-order chi connectivity index (χ1) is 19.7. The lowest BCUT2D eigenvalue weighted by Gasteiger charge is -2.35. The predicted octanol–water partition coefficient (Wildman–Crippen LogP) is 3.54. The molecule has 1 unspecified atom stereocenters. The molecule has 1 rings (SSSR count). The standard InChI is InChI=1S/C27H42N3O10P/c1-20(2)30(21(3)4)41(39-12-8-11-28)40-18-17-37-14-13-36-15-16-38-19-24(31)29-23-10-7-9-22(26(32)34-5)25(23)27(33)35-6/h7,9-10,20-21H,8,12-19H2,1-6H3,(H,29,31). The van der Waals surface area contributed by atoms with Gasteiger partial charge in [-0.1, -0.05) is 6.07 Å². The summed E-state index contributed by atoms with van der Waals surface area (Å²) in [6.45, 7) is 10.1. The highest BCUT2D eigenvalue weighted by molar-refractivity contribution is 7.44. The Labute approximate surface area is 243 Å². The summed E-state index contributed by atoms with van der Waals surface area (Å²) in [6, 6.07) is 6.90. The molecule has 0 saturated heterocycles. The Bertz CT molecular complexity index is 979. The molecule has 0 aliphatic rings. The number of ether oxygens (including phenoxy) is 5. The molecule has 0 bridgehead atoms. The second kappa shape index (κ2) is 21.1. The first kappa shape index (κ1) is 36.3. The van der Waals surface area contributed by atoms with E-state index < -0.39 is 26.4 Å². The number of benzene rings is 1. The van der Waals surface area contributed by atoms with Gasteiger partial charge in [0.25, 0.3) is 8.53 Å². The van der Waals surface area contributed by atoms with E-state index in [1.54, 1.807) is 0 Å². The molecular weight excluding hydrogens is 557 g/mol. The number of nitrogens with one attached hydrogen (secondary N) is 1. The van der Waals surface area contributed by atoms with Crippen molar-refractivity contribution < 1.29 is 47.1 Å². The number of hydrogen-bond donors (Lipinski definition) is 1. The third-order valence-corrected chi connectivity index (χ3v) is 7.31. The maximum Gasteiger partial charge on any atom is 0.340 e. The molecule has 1 aromatic carbocycles. The first-order valence-corrected chi connectivity index (χ1v) is 14.3. The topological polar surface area (TPSA) is 155 Å². The summed E-state index contributed by atoms with van der Waals surface area (Å²) in [5.74, 6) is -2.05. The summed E-state index contributed by atoms with van der Waals surface area (Å²) in [4.78, 5) is 36.5. The van der Waals surface area contributed by atoms with Crippen molar-refractivity contribution in [2.75, 3.05) is 72.4 Å². The van der Waals surface area contributed by atoms with Gasteiger partial charge >= 0.3 is 11.9 Å². The number of esters is 2. The van der Waals surface area contributed by atoms with E-state index in [2.05, 4.69) is 43.8 Å². The van der Waals surface area contributed by atoms with E-state index in [1.807, 2.05) is 0 Å². The zero-order chi connectivity index (χ0) is 30.6. The molecule has 1 aromatic rings. The van der Waals surface area contributed by atoms with Crippen LogP contribution in [0.15, 0.2) is 18.2 Å². The number of anilines is 1. The number of amides is 1. The Balaban J connectivity index is 2.30. The third-order valence-electron chi connectivity index (χ3n) is 5.20. The number of rotatable bonds is 21. The van der Waals surface area contributed by atoms with Crippen LogP contribution in [-0.4, -0.2) is 102 Å². The molecule has 1 amide bonds. The van der Waals surface area contributed by atoms with Gasteiger partial charge in [-0.2, -0.15) is 5.26 Å². The van der Waals surface area contributed by atoms with Crippen LogP contribution in [-0.2, 0) is 37.5 Å².